The lowest BCUT2D eigenvalue weighted by atomic mass is 10.3. The molecule has 0 spiro atoms. The third-order valence-electron chi connectivity index (χ3n) is 1.99. The Morgan fingerprint density at radius 1 is 1.57 bits per heavy atom. The van der Waals surface area contributed by atoms with E-state index in [-0.39, 0.29) is 6.61 Å². The van der Waals surface area contributed by atoms with E-state index >= 15 is 0 Å². The highest BCUT2D eigenvalue weighted by Gasteiger charge is 2.15. The van der Waals surface area contributed by atoms with Crippen molar-refractivity contribution in [1.82, 2.24) is 4.98 Å². The number of aromatic nitrogens is 1. The van der Waals surface area contributed by atoms with Gasteiger partial charge in [0.15, 0.2) is 5.13 Å². The third kappa shape index (κ3) is 2.38. The van der Waals surface area contributed by atoms with Gasteiger partial charge in [-0.1, -0.05) is 22.9 Å². The summed E-state index contributed by atoms with van der Waals surface area (Å²) in [6.45, 7) is 7.15. The second-order valence-electron chi connectivity index (χ2n) is 3.25. The number of rotatable bonds is 4. The summed E-state index contributed by atoms with van der Waals surface area (Å²) in [4.78, 5) is 7.11. The largest absolute Gasteiger partial charge is 0.391 e. The average molecular weight is 235 g/mol. The summed E-state index contributed by atoms with van der Waals surface area (Å²) in [5.74, 6) is 0. The van der Waals surface area contributed by atoms with Gasteiger partial charge >= 0.3 is 0 Å². The zero-order valence-corrected chi connectivity index (χ0v) is 10.2. The van der Waals surface area contributed by atoms with E-state index in [2.05, 4.69) is 30.7 Å². The molecule has 0 amide bonds. The molecule has 0 saturated heterocycles. The van der Waals surface area contributed by atoms with E-state index in [1.165, 1.54) is 11.3 Å². The maximum atomic E-state index is 8.99. The summed E-state index contributed by atoms with van der Waals surface area (Å²) in [5, 5.41) is 10.3. The first-order valence-electron chi connectivity index (χ1n) is 4.62. The van der Waals surface area contributed by atoms with Gasteiger partial charge in [-0.15, -0.1) is 0 Å². The SMILES string of the molecule is CCN(c1nc(Cl)c(CO)s1)C(C)C. The highest BCUT2D eigenvalue weighted by atomic mass is 35.5. The fourth-order valence-electron chi connectivity index (χ4n) is 1.26. The van der Waals surface area contributed by atoms with Crippen molar-refractivity contribution < 1.29 is 5.11 Å². The Morgan fingerprint density at radius 3 is 2.57 bits per heavy atom. The van der Waals surface area contributed by atoms with Crippen LogP contribution in [0.5, 0.6) is 0 Å². The lowest BCUT2D eigenvalue weighted by Gasteiger charge is -2.23. The number of anilines is 1. The molecule has 0 saturated carbocycles. The van der Waals surface area contributed by atoms with E-state index in [9.17, 15) is 0 Å². The molecule has 0 radical (unpaired) electrons. The zero-order valence-electron chi connectivity index (χ0n) is 8.62. The van der Waals surface area contributed by atoms with Crippen molar-refractivity contribution in [3.05, 3.63) is 10.0 Å². The van der Waals surface area contributed by atoms with Gasteiger partial charge in [0, 0.05) is 12.6 Å². The molecule has 0 fully saturated rings. The van der Waals surface area contributed by atoms with Gasteiger partial charge in [0.2, 0.25) is 0 Å². The second kappa shape index (κ2) is 4.96. The first-order chi connectivity index (χ1) is 6.60. The van der Waals surface area contributed by atoms with Crippen molar-refractivity contribution in [3.8, 4) is 0 Å². The number of thiazole rings is 1. The van der Waals surface area contributed by atoms with Gasteiger partial charge < -0.3 is 10.0 Å². The predicted molar refractivity (Wildman–Crippen MR) is 61.2 cm³/mol. The van der Waals surface area contributed by atoms with Crippen LogP contribution in [-0.2, 0) is 6.61 Å². The molecule has 14 heavy (non-hydrogen) atoms. The van der Waals surface area contributed by atoms with Crippen LogP contribution >= 0.6 is 22.9 Å². The minimum Gasteiger partial charge on any atom is -0.391 e. The van der Waals surface area contributed by atoms with E-state index in [1.54, 1.807) is 0 Å². The van der Waals surface area contributed by atoms with E-state index in [1.807, 2.05) is 0 Å². The van der Waals surface area contributed by atoms with E-state index in [0.717, 1.165) is 16.6 Å². The topological polar surface area (TPSA) is 36.4 Å². The minimum atomic E-state index is -0.0356. The van der Waals surface area contributed by atoms with Gasteiger partial charge in [0.05, 0.1) is 11.5 Å². The van der Waals surface area contributed by atoms with Crippen LogP contribution in [0.4, 0.5) is 5.13 Å². The molecule has 0 atom stereocenters. The second-order valence-corrected chi connectivity index (χ2v) is 4.67. The highest BCUT2D eigenvalue weighted by Crippen LogP contribution is 2.30. The van der Waals surface area contributed by atoms with Crippen LogP contribution in [0.2, 0.25) is 5.15 Å². The lowest BCUT2D eigenvalue weighted by molar-refractivity contribution is 0.285. The molecule has 0 aliphatic carbocycles. The van der Waals surface area contributed by atoms with Crippen LogP contribution in [-0.4, -0.2) is 22.7 Å². The summed E-state index contributed by atoms with van der Waals surface area (Å²) < 4.78 is 0. The Bertz CT molecular complexity index is 301. The molecule has 0 bridgehead atoms. The average Bonchev–Trinajstić information content (AvgIpc) is 2.47. The molecular weight excluding hydrogens is 220 g/mol. The van der Waals surface area contributed by atoms with Gasteiger partial charge in [-0.25, -0.2) is 4.98 Å². The molecule has 5 heteroatoms. The molecule has 1 heterocycles. The van der Waals surface area contributed by atoms with Gasteiger partial charge in [-0.3, -0.25) is 0 Å². The Labute approximate surface area is 93.3 Å². The Morgan fingerprint density at radius 2 is 2.21 bits per heavy atom. The number of aliphatic hydroxyl groups is 1. The smallest absolute Gasteiger partial charge is 0.187 e. The van der Waals surface area contributed by atoms with Crippen LogP contribution in [0, 0.1) is 0 Å². The Hall–Kier alpha value is -0.320. The summed E-state index contributed by atoms with van der Waals surface area (Å²) in [6, 6.07) is 0.397. The van der Waals surface area contributed by atoms with Crippen LogP contribution in [0.25, 0.3) is 0 Å². The first kappa shape index (κ1) is 11.8. The predicted octanol–water partition coefficient (Wildman–Crippen LogP) is 2.52. The maximum absolute atomic E-state index is 8.99. The van der Waals surface area contributed by atoms with Crippen molar-refractivity contribution in [1.29, 1.82) is 0 Å². The minimum absolute atomic E-state index is 0.0356. The summed E-state index contributed by atoms with van der Waals surface area (Å²) in [5.41, 5.74) is 0. The van der Waals surface area contributed by atoms with E-state index in [0.29, 0.717) is 11.2 Å². The van der Waals surface area contributed by atoms with Gasteiger partial charge in [0.1, 0.15) is 5.15 Å². The molecule has 1 rings (SSSR count). The van der Waals surface area contributed by atoms with Gasteiger partial charge in [-0.2, -0.15) is 0 Å². The van der Waals surface area contributed by atoms with Crippen LogP contribution in [0.1, 0.15) is 25.6 Å². The Balaban J connectivity index is 2.93. The van der Waals surface area contributed by atoms with E-state index < -0.39 is 0 Å². The van der Waals surface area contributed by atoms with Crippen molar-refractivity contribution >= 4 is 28.1 Å². The normalized spacial score (nSPS) is 11.0. The highest BCUT2D eigenvalue weighted by molar-refractivity contribution is 7.16. The molecule has 0 aliphatic heterocycles. The number of aliphatic hydroxyl groups excluding tert-OH is 1. The lowest BCUT2D eigenvalue weighted by Crippen LogP contribution is -2.30. The van der Waals surface area contributed by atoms with E-state index in [4.69, 9.17) is 16.7 Å². The van der Waals surface area contributed by atoms with Crippen LogP contribution in [0.3, 0.4) is 0 Å². The number of hydrogen-bond acceptors (Lipinski definition) is 4. The molecule has 1 N–H and O–H groups in total. The third-order valence-corrected chi connectivity index (χ3v) is 3.49. The molecule has 1 aromatic heterocycles. The summed E-state index contributed by atoms with van der Waals surface area (Å²) in [6.07, 6.45) is 0. The summed E-state index contributed by atoms with van der Waals surface area (Å²) in [7, 11) is 0. The monoisotopic (exact) mass is 234 g/mol. The van der Waals surface area contributed by atoms with Crippen molar-refractivity contribution in [2.45, 2.75) is 33.4 Å². The molecular formula is C9H15ClN2OS. The van der Waals surface area contributed by atoms with Gasteiger partial charge in [0.25, 0.3) is 0 Å². The zero-order chi connectivity index (χ0) is 10.7. The standard InChI is InChI=1S/C9H15ClN2OS/c1-4-12(6(2)3)9-11-8(10)7(5-13)14-9/h6,13H,4-5H2,1-3H3. The number of hydrogen-bond donors (Lipinski definition) is 1. The molecule has 0 aliphatic rings. The molecule has 0 aromatic carbocycles. The van der Waals surface area contributed by atoms with Crippen molar-refractivity contribution in [2.24, 2.45) is 0 Å². The van der Waals surface area contributed by atoms with Crippen LogP contribution in [0.15, 0.2) is 0 Å². The molecule has 3 nitrogen and oxygen atoms in total. The molecule has 80 valence electrons. The first-order valence-corrected chi connectivity index (χ1v) is 5.82. The Kier molecular flexibility index (Phi) is 4.16. The number of nitrogens with zero attached hydrogens (tertiary/aromatic N) is 2. The maximum Gasteiger partial charge on any atom is 0.187 e. The molecule has 1 aromatic rings. The van der Waals surface area contributed by atoms with Gasteiger partial charge in [-0.05, 0) is 20.8 Å². The molecule has 0 unspecified atom stereocenters. The summed E-state index contributed by atoms with van der Waals surface area (Å²) >= 11 is 7.32. The van der Waals surface area contributed by atoms with Crippen molar-refractivity contribution in [2.75, 3.05) is 11.4 Å². The number of halogens is 1. The van der Waals surface area contributed by atoms with Crippen LogP contribution < -0.4 is 4.90 Å². The fourth-order valence-corrected chi connectivity index (χ4v) is 2.58. The fraction of sp³-hybridized carbons (Fsp3) is 0.667. The van der Waals surface area contributed by atoms with Crippen molar-refractivity contribution in [3.63, 3.8) is 0 Å². The quantitative estimate of drug-likeness (QED) is 0.870.